The van der Waals surface area contributed by atoms with Crippen LogP contribution in [0.4, 0.5) is 5.69 Å². The minimum absolute atomic E-state index is 0.00637. The summed E-state index contributed by atoms with van der Waals surface area (Å²) in [4.78, 5) is 12.2. The third-order valence-electron chi connectivity index (χ3n) is 4.14. The van der Waals surface area contributed by atoms with Crippen LogP contribution in [0.25, 0.3) is 0 Å². The predicted molar refractivity (Wildman–Crippen MR) is 112 cm³/mol. The number of hydrogen-bond donors (Lipinski definition) is 2. The molecule has 0 aliphatic carbocycles. The van der Waals surface area contributed by atoms with Crippen LogP contribution in [0.3, 0.4) is 0 Å². The fraction of sp³-hybridized carbons (Fsp3) is 0.381. The summed E-state index contributed by atoms with van der Waals surface area (Å²) in [5.74, 6) is 0.572. The van der Waals surface area contributed by atoms with E-state index in [2.05, 4.69) is 30.8 Å². The molecule has 0 aliphatic rings. The van der Waals surface area contributed by atoms with Gasteiger partial charge in [-0.15, -0.1) is 0 Å². The van der Waals surface area contributed by atoms with Gasteiger partial charge in [0.25, 0.3) is 5.91 Å². The van der Waals surface area contributed by atoms with Crippen LogP contribution in [-0.4, -0.2) is 33.2 Å². The first-order valence-electron chi connectivity index (χ1n) is 9.23. The van der Waals surface area contributed by atoms with Gasteiger partial charge in [0.1, 0.15) is 12.4 Å². The van der Waals surface area contributed by atoms with Crippen LogP contribution in [0.15, 0.2) is 48.5 Å². The van der Waals surface area contributed by atoms with Gasteiger partial charge < -0.3 is 10.1 Å². The number of sulfonamides is 1. The number of carbonyl (C=O) groups excluding carboxylic acids is 1. The standard InChI is InChI=1S/C21H28N2O4S/c1-5-28(25,26)23-17-12-10-16(11-13-17)20(24)22-14-15-27-19-9-7-6-8-18(19)21(2,3)4/h6-13,23H,5,14-15H2,1-4H3,(H,22,24). The van der Waals surface area contributed by atoms with E-state index >= 15 is 0 Å². The molecule has 6 nitrogen and oxygen atoms in total. The summed E-state index contributed by atoms with van der Waals surface area (Å²) >= 11 is 0. The Hall–Kier alpha value is -2.54. The summed E-state index contributed by atoms with van der Waals surface area (Å²) in [6.07, 6.45) is 0. The van der Waals surface area contributed by atoms with Crippen molar-refractivity contribution >= 4 is 21.6 Å². The molecule has 2 rings (SSSR count). The average molecular weight is 405 g/mol. The van der Waals surface area contributed by atoms with E-state index in [-0.39, 0.29) is 17.1 Å². The van der Waals surface area contributed by atoms with E-state index in [1.165, 1.54) is 0 Å². The summed E-state index contributed by atoms with van der Waals surface area (Å²) in [6.45, 7) is 8.66. The second-order valence-corrected chi connectivity index (χ2v) is 9.44. The zero-order valence-corrected chi connectivity index (χ0v) is 17.6. The summed E-state index contributed by atoms with van der Waals surface area (Å²) in [6, 6.07) is 14.2. The van der Waals surface area contributed by atoms with Crippen molar-refractivity contribution in [3.63, 3.8) is 0 Å². The molecule has 2 N–H and O–H groups in total. The molecule has 2 aromatic rings. The Bertz CT molecular complexity index is 901. The largest absolute Gasteiger partial charge is 0.491 e. The molecule has 0 bridgehead atoms. The molecule has 0 radical (unpaired) electrons. The van der Waals surface area contributed by atoms with Crippen LogP contribution in [0.1, 0.15) is 43.6 Å². The summed E-state index contributed by atoms with van der Waals surface area (Å²) in [7, 11) is -3.33. The number of rotatable bonds is 8. The summed E-state index contributed by atoms with van der Waals surface area (Å²) < 4.78 is 31.4. The molecular weight excluding hydrogens is 376 g/mol. The third kappa shape index (κ3) is 6.27. The lowest BCUT2D eigenvalue weighted by atomic mass is 9.86. The molecule has 0 saturated heterocycles. The van der Waals surface area contributed by atoms with Crippen LogP contribution in [0.2, 0.25) is 0 Å². The van der Waals surface area contributed by atoms with Gasteiger partial charge in [-0.1, -0.05) is 39.0 Å². The molecule has 0 heterocycles. The van der Waals surface area contributed by atoms with E-state index < -0.39 is 10.0 Å². The highest BCUT2D eigenvalue weighted by Gasteiger charge is 2.18. The second-order valence-electron chi connectivity index (χ2n) is 7.43. The summed E-state index contributed by atoms with van der Waals surface area (Å²) in [5, 5.41) is 2.80. The van der Waals surface area contributed by atoms with E-state index in [9.17, 15) is 13.2 Å². The van der Waals surface area contributed by atoms with Gasteiger partial charge in [0, 0.05) is 11.3 Å². The molecule has 1 amide bonds. The fourth-order valence-electron chi connectivity index (χ4n) is 2.58. The van der Waals surface area contributed by atoms with Gasteiger partial charge in [-0.2, -0.15) is 0 Å². The van der Waals surface area contributed by atoms with Crippen molar-refractivity contribution in [3.05, 3.63) is 59.7 Å². The smallest absolute Gasteiger partial charge is 0.251 e. The molecular formula is C21H28N2O4S. The monoisotopic (exact) mass is 404 g/mol. The van der Waals surface area contributed by atoms with Crippen molar-refractivity contribution < 1.29 is 17.9 Å². The molecule has 0 atom stereocenters. The first-order chi connectivity index (χ1) is 13.1. The molecule has 0 aromatic heterocycles. The highest BCUT2D eigenvalue weighted by molar-refractivity contribution is 7.92. The van der Waals surface area contributed by atoms with Gasteiger partial charge in [0.2, 0.25) is 10.0 Å². The topological polar surface area (TPSA) is 84.5 Å². The van der Waals surface area contributed by atoms with Gasteiger partial charge in [0.15, 0.2) is 0 Å². The number of benzene rings is 2. The van der Waals surface area contributed by atoms with Crippen LogP contribution < -0.4 is 14.8 Å². The van der Waals surface area contributed by atoms with E-state index in [0.29, 0.717) is 24.4 Å². The van der Waals surface area contributed by atoms with Crippen LogP contribution in [-0.2, 0) is 15.4 Å². The first kappa shape index (κ1) is 21.8. The van der Waals surface area contributed by atoms with Crippen LogP contribution in [0.5, 0.6) is 5.75 Å². The lowest BCUT2D eigenvalue weighted by Gasteiger charge is -2.22. The Morgan fingerprint density at radius 3 is 2.29 bits per heavy atom. The van der Waals surface area contributed by atoms with Crippen molar-refractivity contribution in [3.8, 4) is 5.75 Å². The number of para-hydroxylation sites is 1. The molecule has 0 fully saturated rings. The van der Waals surface area contributed by atoms with E-state index in [1.54, 1.807) is 31.2 Å². The number of anilines is 1. The Morgan fingerprint density at radius 2 is 1.68 bits per heavy atom. The van der Waals surface area contributed by atoms with Crippen molar-refractivity contribution in [2.75, 3.05) is 23.6 Å². The van der Waals surface area contributed by atoms with Gasteiger partial charge >= 0.3 is 0 Å². The number of amides is 1. The highest BCUT2D eigenvalue weighted by Crippen LogP contribution is 2.30. The summed E-state index contributed by atoms with van der Waals surface area (Å²) in [5.41, 5.74) is 1.97. The van der Waals surface area contributed by atoms with Crippen molar-refractivity contribution in [2.45, 2.75) is 33.1 Å². The number of ether oxygens (including phenoxy) is 1. The highest BCUT2D eigenvalue weighted by atomic mass is 32.2. The lowest BCUT2D eigenvalue weighted by Crippen LogP contribution is -2.28. The fourth-order valence-corrected chi connectivity index (χ4v) is 3.22. The van der Waals surface area contributed by atoms with Gasteiger partial charge in [-0.25, -0.2) is 8.42 Å². The molecule has 0 aliphatic heterocycles. The molecule has 0 unspecified atom stereocenters. The third-order valence-corrected chi connectivity index (χ3v) is 5.45. The zero-order valence-electron chi connectivity index (χ0n) is 16.8. The second kappa shape index (κ2) is 9.10. The zero-order chi connectivity index (χ0) is 20.8. The number of carbonyl (C=O) groups is 1. The van der Waals surface area contributed by atoms with Crippen molar-refractivity contribution in [2.24, 2.45) is 0 Å². The van der Waals surface area contributed by atoms with Gasteiger partial charge in [-0.3, -0.25) is 9.52 Å². The van der Waals surface area contributed by atoms with Gasteiger partial charge in [0.05, 0.1) is 12.3 Å². The van der Waals surface area contributed by atoms with Crippen molar-refractivity contribution in [1.82, 2.24) is 5.32 Å². The molecule has 2 aromatic carbocycles. The van der Waals surface area contributed by atoms with E-state index in [0.717, 1.165) is 11.3 Å². The van der Waals surface area contributed by atoms with Crippen molar-refractivity contribution in [1.29, 1.82) is 0 Å². The maximum atomic E-state index is 12.2. The molecule has 0 spiro atoms. The van der Waals surface area contributed by atoms with Crippen LogP contribution in [0, 0.1) is 0 Å². The molecule has 7 heteroatoms. The van der Waals surface area contributed by atoms with Gasteiger partial charge in [-0.05, 0) is 48.2 Å². The lowest BCUT2D eigenvalue weighted by molar-refractivity contribution is 0.0947. The van der Waals surface area contributed by atoms with E-state index in [4.69, 9.17) is 4.74 Å². The minimum Gasteiger partial charge on any atom is -0.491 e. The Labute approximate surface area is 167 Å². The minimum atomic E-state index is -3.33. The maximum Gasteiger partial charge on any atom is 0.251 e. The normalized spacial score (nSPS) is 11.7. The SMILES string of the molecule is CCS(=O)(=O)Nc1ccc(C(=O)NCCOc2ccccc2C(C)(C)C)cc1. The molecule has 152 valence electrons. The van der Waals surface area contributed by atoms with E-state index in [1.807, 2.05) is 24.3 Å². The Kier molecular flexibility index (Phi) is 7.07. The predicted octanol–water partition coefficient (Wildman–Crippen LogP) is 3.55. The molecule has 28 heavy (non-hydrogen) atoms. The Balaban J connectivity index is 1.87. The van der Waals surface area contributed by atoms with Crippen LogP contribution >= 0.6 is 0 Å². The average Bonchev–Trinajstić information content (AvgIpc) is 2.65. The quantitative estimate of drug-likeness (QED) is 0.659. The number of nitrogens with one attached hydrogen (secondary N) is 2. The number of hydrogen-bond acceptors (Lipinski definition) is 4. The first-order valence-corrected chi connectivity index (χ1v) is 10.9. The Morgan fingerprint density at radius 1 is 1.04 bits per heavy atom. The maximum absolute atomic E-state index is 12.2. The molecule has 0 saturated carbocycles.